The second-order valence-corrected chi connectivity index (χ2v) is 6.46. The number of benzene rings is 1. The second kappa shape index (κ2) is 7.30. The SMILES string of the molecule is COCC1CCCCN1C(=O)c1ccc(N2CCCC2)c(F)c1. The number of halogens is 1. The van der Waals surface area contributed by atoms with Gasteiger partial charge in [-0.1, -0.05) is 0 Å². The van der Waals surface area contributed by atoms with E-state index in [1.165, 1.54) is 6.07 Å². The second-order valence-electron chi connectivity index (χ2n) is 6.46. The number of anilines is 1. The van der Waals surface area contributed by atoms with Gasteiger partial charge in [-0.25, -0.2) is 4.39 Å². The topological polar surface area (TPSA) is 32.8 Å². The number of carbonyl (C=O) groups excluding carboxylic acids is 1. The Bertz CT molecular complexity index is 556. The van der Waals surface area contributed by atoms with Crippen LogP contribution < -0.4 is 4.90 Å². The zero-order valence-corrected chi connectivity index (χ0v) is 13.8. The molecule has 2 fully saturated rings. The summed E-state index contributed by atoms with van der Waals surface area (Å²) in [5.41, 5.74) is 1.06. The minimum atomic E-state index is -0.293. The first-order chi connectivity index (χ1) is 11.2. The van der Waals surface area contributed by atoms with Crippen LogP contribution in [-0.4, -0.2) is 50.2 Å². The van der Waals surface area contributed by atoms with Crippen molar-refractivity contribution in [3.63, 3.8) is 0 Å². The minimum absolute atomic E-state index is 0.0846. The third-order valence-electron chi connectivity index (χ3n) is 4.89. The molecule has 0 aromatic heterocycles. The Morgan fingerprint density at radius 1 is 1.22 bits per heavy atom. The van der Waals surface area contributed by atoms with Gasteiger partial charge in [-0.2, -0.15) is 0 Å². The summed E-state index contributed by atoms with van der Waals surface area (Å²) in [7, 11) is 1.65. The van der Waals surface area contributed by atoms with Crippen LogP contribution in [0.2, 0.25) is 0 Å². The summed E-state index contributed by atoms with van der Waals surface area (Å²) in [4.78, 5) is 16.7. The van der Waals surface area contributed by atoms with Crippen LogP contribution in [0.4, 0.5) is 10.1 Å². The maximum Gasteiger partial charge on any atom is 0.254 e. The first-order valence-corrected chi connectivity index (χ1v) is 8.55. The third-order valence-corrected chi connectivity index (χ3v) is 4.89. The molecule has 3 rings (SSSR count). The van der Waals surface area contributed by atoms with Gasteiger partial charge in [0.1, 0.15) is 5.82 Å². The number of likely N-dealkylation sites (tertiary alicyclic amines) is 1. The van der Waals surface area contributed by atoms with E-state index in [1.807, 2.05) is 4.90 Å². The summed E-state index contributed by atoms with van der Waals surface area (Å²) in [5.74, 6) is -0.378. The van der Waals surface area contributed by atoms with Gasteiger partial charge >= 0.3 is 0 Å². The van der Waals surface area contributed by atoms with Gasteiger partial charge < -0.3 is 14.5 Å². The lowest BCUT2D eigenvalue weighted by atomic mass is 10.0. The van der Waals surface area contributed by atoms with Gasteiger partial charge in [0, 0.05) is 32.3 Å². The van der Waals surface area contributed by atoms with Crippen molar-refractivity contribution in [2.75, 3.05) is 38.3 Å². The highest BCUT2D eigenvalue weighted by molar-refractivity contribution is 5.95. The average Bonchev–Trinajstić information content (AvgIpc) is 3.09. The Hall–Kier alpha value is -1.62. The molecule has 126 valence electrons. The van der Waals surface area contributed by atoms with Gasteiger partial charge in [-0.3, -0.25) is 4.79 Å². The number of methoxy groups -OCH3 is 1. The number of hydrogen-bond donors (Lipinski definition) is 0. The molecular formula is C18H25FN2O2. The lowest BCUT2D eigenvalue weighted by Gasteiger charge is -2.35. The van der Waals surface area contributed by atoms with Crippen LogP contribution in [0, 0.1) is 5.82 Å². The van der Waals surface area contributed by atoms with Gasteiger partial charge in [0.25, 0.3) is 5.91 Å². The number of hydrogen-bond acceptors (Lipinski definition) is 3. The van der Waals surface area contributed by atoms with Crippen molar-refractivity contribution in [2.24, 2.45) is 0 Å². The van der Waals surface area contributed by atoms with Gasteiger partial charge in [0.2, 0.25) is 0 Å². The Morgan fingerprint density at radius 3 is 2.65 bits per heavy atom. The fourth-order valence-corrected chi connectivity index (χ4v) is 3.65. The molecule has 0 N–H and O–H groups in total. The Labute approximate surface area is 137 Å². The molecule has 1 aromatic rings. The fraction of sp³-hybridized carbons (Fsp3) is 0.611. The van der Waals surface area contributed by atoms with Crippen LogP contribution in [0.15, 0.2) is 18.2 Å². The summed E-state index contributed by atoms with van der Waals surface area (Å²) < 4.78 is 19.7. The predicted octanol–water partition coefficient (Wildman–Crippen LogP) is 3.07. The van der Waals surface area contributed by atoms with Crippen LogP contribution in [-0.2, 0) is 4.74 Å². The van der Waals surface area contributed by atoms with E-state index in [4.69, 9.17) is 4.74 Å². The van der Waals surface area contributed by atoms with Crippen molar-refractivity contribution >= 4 is 11.6 Å². The molecule has 0 saturated carbocycles. The molecular weight excluding hydrogens is 295 g/mol. The molecule has 0 spiro atoms. The Balaban J connectivity index is 1.77. The smallest absolute Gasteiger partial charge is 0.254 e. The summed E-state index contributed by atoms with van der Waals surface area (Å²) in [6, 6.07) is 5.01. The van der Waals surface area contributed by atoms with Gasteiger partial charge in [-0.05, 0) is 50.3 Å². The zero-order chi connectivity index (χ0) is 16.2. The number of ether oxygens (including phenoxy) is 1. The van der Waals surface area contributed by atoms with Gasteiger partial charge in [-0.15, -0.1) is 0 Å². The molecule has 4 nitrogen and oxygen atoms in total. The molecule has 5 heteroatoms. The molecule has 1 unspecified atom stereocenters. The summed E-state index contributed by atoms with van der Waals surface area (Å²) >= 11 is 0. The highest BCUT2D eigenvalue weighted by Gasteiger charge is 2.28. The van der Waals surface area contributed by atoms with E-state index in [1.54, 1.807) is 19.2 Å². The van der Waals surface area contributed by atoms with E-state index in [-0.39, 0.29) is 17.8 Å². The van der Waals surface area contributed by atoms with E-state index in [0.29, 0.717) is 17.9 Å². The van der Waals surface area contributed by atoms with Crippen molar-refractivity contribution in [1.29, 1.82) is 0 Å². The van der Waals surface area contributed by atoms with Gasteiger partial charge in [0.05, 0.1) is 18.3 Å². The fourth-order valence-electron chi connectivity index (χ4n) is 3.65. The monoisotopic (exact) mass is 320 g/mol. The average molecular weight is 320 g/mol. The molecule has 0 bridgehead atoms. The lowest BCUT2D eigenvalue weighted by Crippen LogP contribution is -2.46. The van der Waals surface area contributed by atoms with Crippen molar-refractivity contribution in [2.45, 2.75) is 38.1 Å². The minimum Gasteiger partial charge on any atom is -0.383 e. The van der Waals surface area contributed by atoms with Crippen molar-refractivity contribution in [1.82, 2.24) is 4.90 Å². The molecule has 0 radical (unpaired) electrons. The maximum absolute atomic E-state index is 14.4. The Kier molecular flexibility index (Phi) is 5.16. The van der Waals surface area contributed by atoms with E-state index >= 15 is 0 Å². The third kappa shape index (κ3) is 3.50. The maximum atomic E-state index is 14.4. The summed E-state index contributed by atoms with van der Waals surface area (Å²) in [5, 5.41) is 0. The largest absolute Gasteiger partial charge is 0.383 e. The molecule has 1 atom stereocenters. The number of carbonyl (C=O) groups is 1. The van der Waals surface area contributed by atoms with Crippen LogP contribution >= 0.6 is 0 Å². The van der Waals surface area contributed by atoms with Crippen molar-refractivity contribution in [3.05, 3.63) is 29.6 Å². The van der Waals surface area contributed by atoms with Crippen LogP contribution in [0.3, 0.4) is 0 Å². The quantitative estimate of drug-likeness (QED) is 0.855. The number of nitrogens with zero attached hydrogens (tertiary/aromatic N) is 2. The highest BCUT2D eigenvalue weighted by Crippen LogP contribution is 2.26. The summed E-state index contributed by atoms with van der Waals surface area (Å²) in [6.45, 7) is 3.06. The first kappa shape index (κ1) is 16.2. The van der Waals surface area contributed by atoms with E-state index in [2.05, 4.69) is 4.90 Å². The number of piperidine rings is 1. The normalized spacial score (nSPS) is 21.7. The van der Waals surface area contributed by atoms with E-state index in [9.17, 15) is 9.18 Å². The van der Waals surface area contributed by atoms with Gasteiger partial charge in [0.15, 0.2) is 0 Å². The molecule has 2 aliphatic heterocycles. The van der Waals surface area contributed by atoms with E-state index < -0.39 is 0 Å². The van der Waals surface area contributed by atoms with Crippen LogP contribution in [0.25, 0.3) is 0 Å². The molecule has 1 aromatic carbocycles. The summed E-state index contributed by atoms with van der Waals surface area (Å²) in [6.07, 6.45) is 5.27. The van der Waals surface area contributed by atoms with Crippen molar-refractivity contribution in [3.8, 4) is 0 Å². The molecule has 2 heterocycles. The van der Waals surface area contributed by atoms with Crippen LogP contribution in [0.5, 0.6) is 0 Å². The first-order valence-electron chi connectivity index (χ1n) is 8.55. The molecule has 2 aliphatic rings. The standard InChI is InChI=1S/C18H25FN2O2/c1-23-13-15-6-2-3-11-21(15)18(22)14-7-8-17(16(19)12-14)20-9-4-5-10-20/h7-8,12,15H,2-6,9-11,13H2,1H3. The number of rotatable bonds is 4. The predicted molar refractivity (Wildman–Crippen MR) is 88.4 cm³/mol. The number of amides is 1. The van der Waals surface area contributed by atoms with Crippen LogP contribution in [0.1, 0.15) is 42.5 Å². The van der Waals surface area contributed by atoms with Crippen molar-refractivity contribution < 1.29 is 13.9 Å². The zero-order valence-electron chi connectivity index (χ0n) is 13.8. The molecule has 2 saturated heterocycles. The van der Waals surface area contributed by atoms with E-state index in [0.717, 1.165) is 51.7 Å². The Morgan fingerprint density at radius 2 is 1.96 bits per heavy atom. The molecule has 23 heavy (non-hydrogen) atoms. The molecule has 0 aliphatic carbocycles. The highest BCUT2D eigenvalue weighted by atomic mass is 19.1. The lowest BCUT2D eigenvalue weighted by molar-refractivity contribution is 0.0428. The molecule has 1 amide bonds.